The average Bonchev–Trinajstić information content (AvgIpc) is 3.04. The summed E-state index contributed by atoms with van der Waals surface area (Å²) in [5, 5.41) is 0. The van der Waals surface area contributed by atoms with E-state index in [1.165, 1.54) is 31.2 Å². The predicted molar refractivity (Wildman–Crippen MR) is 91.8 cm³/mol. The summed E-state index contributed by atoms with van der Waals surface area (Å²) in [5.74, 6) is -2.08. The summed E-state index contributed by atoms with van der Waals surface area (Å²) < 4.78 is 91.3. The van der Waals surface area contributed by atoms with Gasteiger partial charge in [0.05, 0.1) is 10.6 Å². The summed E-state index contributed by atoms with van der Waals surface area (Å²) in [6.45, 7) is 1.20. The Balaban J connectivity index is 2.22. The van der Waals surface area contributed by atoms with Crippen LogP contribution >= 0.6 is 0 Å². The smallest absolute Gasteiger partial charge is 0.299 e. The number of imidazole rings is 1. The number of hydrogen-bond donors (Lipinski definition) is 0. The number of halogens is 5. The summed E-state index contributed by atoms with van der Waals surface area (Å²) >= 11 is 0. The number of rotatable bonds is 3. The zero-order valence-electron chi connectivity index (χ0n) is 14.6. The topological polar surface area (TPSA) is 52.0 Å². The van der Waals surface area contributed by atoms with Crippen molar-refractivity contribution in [2.24, 2.45) is 0 Å². The maximum absolute atomic E-state index is 13.9. The Morgan fingerprint density at radius 3 is 2.00 bits per heavy atom. The molecule has 0 N–H and O–H groups in total. The van der Waals surface area contributed by atoms with Crippen molar-refractivity contribution >= 4 is 9.84 Å². The summed E-state index contributed by atoms with van der Waals surface area (Å²) in [7, 11) is -3.50. The lowest BCUT2D eigenvalue weighted by Gasteiger charge is -2.10. The van der Waals surface area contributed by atoms with Gasteiger partial charge >= 0.3 is 6.18 Å². The molecule has 0 aliphatic heterocycles. The normalized spacial score (nSPS) is 12.4. The molecule has 0 aliphatic rings. The van der Waals surface area contributed by atoms with Crippen LogP contribution in [0.2, 0.25) is 0 Å². The molecule has 0 spiro atoms. The molecular weight excluding hydrogens is 403 g/mol. The molecule has 1 aromatic heterocycles. The second-order valence-electron chi connectivity index (χ2n) is 6.15. The molecule has 3 rings (SSSR count). The summed E-state index contributed by atoms with van der Waals surface area (Å²) in [6, 6.07) is 6.77. The van der Waals surface area contributed by atoms with Gasteiger partial charge in [-0.05, 0) is 43.3 Å². The van der Waals surface area contributed by atoms with Crippen molar-refractivity contribution in [2.45, 2.75) is 18.0 Å². The van der Waals surface area contributed by atoms with Gasteiger partial charge in [-0.3, -0.25) is 4.57 Å². The van der Waals surface area contributed by atoms with Crippen molar-refractivity contribution in [1.82, 2.24) is 9.55 Å². The fourth-order valence-corrected chi connectivity index (χ4v) is 3.17. The maximum atomic E-state index is 13.9. The third kappa shape index (κ3) is 3.77. The Labute approximate surface area is 157 Å². The lowest BCUT2D eigenvalue weighted by Crippen LogP contribution is -2.05. The molecule has 0 aliphatic carbocycles. The average molecular weight is 416 g/mol. The molecule has 0 saturated carbocycles. The van der Waals surface area contributed by atoms with Crippen LogP contribution in [0.4, 0.5) is 22.0 Å². The van der Waals surface area contributed by atoms with Gasteiger partial charge in [0.15, 0.2) is 15.5 Å². The molecule has 0 amide bonds. The van der Waals surface area contributed by atoms with E-state index in [4.69, 9.17) is 0 Å². The summed E-state index contributed by atoms with van der Waals surface area (Å²) in [6.07, 6.45) is -3.17. The fraction of sp³-hybridized carbons (Fsp3) is 0.167. The van der Waals surface area contributed by atoms with Crippen LogP contribution in [0.15, 0.2) is 47.5 Å². The van der Waals surface area contributed by atoms with Gasteiger partial charge in [-0.15, -0.1) is 0 Å². The number of alkyl halides is 3. The molecule has 148 valence electrons. The third-order valence-corrected chi connectivity index (χ3v) is 5.21. The molecule has 3 aromatic rings. The van der Waals surface area contributed by atoms with Crippen LogP contribution in [0.1, 0.15) is 11.3 Å². The quantitative estimate of drug-likeness (QED) is 0.589. The van der Waals surface area contributed by atoms with Crippen LogP contribution in [0.25, 0.3) is 17.1 Å². The van der Waals surface area contributed by atoms with E-state index < -0.39 is 33.3 Å². The number of hydrogen-bond acceptors (Lipinski definition) is 3. The highest BCUT2D eigenvalue weighted by Crippen LogP contribution is 2.33. The highest BCUT2D eigenvalue weighted by atomic mass is 32.2. The number of aromatic nitrogens is 2. The maximum Gasteiger partial charge on any atom is 0.434 e. The first-order chi connectivity index (χ1) is 12.9. The highest BCUT2D eigenvalue weighted by molar-refractivity contribution is 7.90. The molecule has 1 heterocycles. The minimum Gasteiger partial charge on any atom is -0.299 e. The molecular formula is C18H13F5N2O2S. The third-order valence-electron chi connectivity index (χ3n) is 4.08. The Kier molecular flexibility index (Phi) is 4.78. The van der Waals surface area contributed by atoms with E-state index in [1.54, 1.807) is 0 Å². The Bertz CT molecular complexity index is 1130. The minimum atomic E-state index is -4.78. The Morgan fingerprint density at radius 1 is 1.00 bits per heavy atom. The van der Waals surface area contributed by atoms with Crippen LogP contribution in [0.3, 0.4) is 0 Å². The molecule has 0 atom stereocenters. The summed E-state index contributed by atoms with van der Waals surface area (Å²) in [5.41, 5.74) is -1.56. The van der Waals surface area contributed by atoms with E-state index in [1.807, 2.05) is 0 Å². The molecule has 0 fully saturated rings. The SMILES string of the molecule is Cc1c(F)cc(-n2cc(C(F)(F)F)nc2-c2ccc(S(C)(=O)=O)cc2)cc1F. The van der Waals surface area contributed by atoms with E-state index in [2.05, 4.69) is 4.98 Å². The van der Waals surface area contributed by atoms with Gasteiger partial charge < -0.3 is 0 Å². The van der Waals surface area contributed by atoms with Crippen molar-refractivity contribution in [2.75, 3.05) is 6.26 Å². The summed E-state index contributed by atoms with van der Waals surface area (Å²) in [4.78, 5) is 3.52. The molecule has 0 unspecified atom stereocenters. The Hall–Kier alpha value is -2.75. The molecule has 2 aromatic carbocycles. The lowest BCUT2D eigenvalue weighted by atomic mass is 10.1. The van der Waals surface area contributed by atoms with Gasteiger partial charge in [0.1, 0.15) is 17.5 Å². The van der Waals surface area contributed by atoms with Gasteiger partial charge in [-0.1, -0.05) is 0 Å². The lowest BCUT2D eigenvalue weighted by molar-refractivity contribution is -0.140. The van der Waals surface area contributed by atoms with E-state index in [0.29, 0.717) is 6.20 Å². The Morgan fingerprint density at radius 2 is 1.54 bits per heavy atom. The molecule has 28 heavy (non-hydrogen) atoms. The highest BCUT2D eigenvalue weighted by Gasteiger charge is 2.35. The van der Waals surface area contributed by atoms with E-state index in [-0.39, 0.29) is 27.5 Å². The van der Waals surface area contributed by atoms with E-state index >= 15 is 0 Å². The number of benzene rings is 2. The van der Waals surface area contributed by atoms with Gasteiger partial charge in [0.25, 0.3) is 0 Å². The fourth-order valence-electron chi connectivity index (χ4n) is 2.54. The van der Waals surface area contributed by atoms with Crippen LogP contribution in [-0.2, 0) is 16.0 Å². The molecule has 0 radical (unpaired) electrons. The van der Waals surface area contributed by atoms with Crippen molar-refractivity contribution in [1.29, 1.82) is 0 Å². The number of sulfone groups is 1. The van der Waals surface area contributed by atoms with Crippen LogP contribution in [0, 0.1) is 18.6 Å². The van der Waals surface area contributed by atoms with Crippen molar-refractivity contribution in [3.8, 4) is 17.1 Å². The van der Waals surface area contributed by atoms with Gasteiger partial charge in [-0.2, -0.15) is 13.2 Å². The van der Waals surface area contributed by atoms with Crippen molar-refractivity contribution in [3.05, 3.63) is 65.5 Å². The van der Waals surface area contributed by atoms with Crippen LogP contribution < -0.4 is 0 Å². The van der Waals surface area contributed by atoms with Gasteiger partial charge in [-0.25, -0.2) is 22.2 Å². The van der Waals surface area contributed by atoms with Crippen LogP contribution in [0.5, 0.6) is 0 Å². The first-order valence-corrected chi connectivity index (χ1v) is 9.70. The molecule has 4 nitrogen and oxygen atoms in total. The molecule has 10 heteroatoms. The monoisotopic (exact) mass is 416 g/mol. The van der Waals surface area contributed by atoms with Gasteiger partial charge in [0, 0.05) is 23.6 Å². The zero-order valence-corrected chi connectivity index (χ0v) is 15.4. The van der Waals surface area contributed by atoms with Crippen molar-refractivity contribution < 1.29 is 30.4 Å². The first-order valence-electron chi connectivity index (χ1n) is 7.81. The second kappa shape index (κ2) is 6.69. The molecule has 0 saturated heterocycles. The van der Waals surface area contributed by atoms with E-state index in [9.17, 15) is 30.4 Å². The standard InChI is InChI=1S/C18H13F5N2O2S/c1-10-14(19)7-12(8-15(10)20)25-9-16(18(21,22)23)24-17(25)11-3-5-13(6-4-11)28(2,26)27/h3-9H,1-2H3. The largest absolute Gasteiger partial charge is 0.434 e. The zero-order chi connectivity index (χ0) is 20.9. The molecule has 0 bridgehead atoms. The first kappa shape index (κ1) is 20.0. The minimum absolute atomic E-state index is 0.0298. The van der Waals surface area contributed by atoms with Crippen LogP contribution in [-0.4, -0.2) is 24.2 Å². The van der Waals surface area contributed by atoms with E-state index in [0.717, 1.165) is 23.0 Å². The number of nitrogens with zero attached hydrogens (tertiary/aromatic N) is 2. The second-order valence-corrected chi connectivity index (χ2v) is 8.16. The van der Waals surface area contributed by atoms with Crippen molar-refractivity contribution in [3.63, 3.8) is 0 Å². The predicted octanol–water partition coefficient (Wildman–Crippen LogP) is 4.55. The van der Waals surface area contributed by atoms with Gasteiger partial charge in [0.2, 0.25) is 0 Å².